The molecule has 170 valence electrons. The van der Waals surface area contributed by atoms with Crippen LogP contribution in [0, 0.1) is 29.1 Å². The standard InChI is InChI=1S/C27H44O3/c1-18-8-12-22(28)17-21(18)11-10-20-7-6-16-27(5)23(13-14-24(20)27)19(2)9-15-25(29)26(3,4)30/h10-11,18-19,22-24,28,30H,6-9,12-17H2,1-5H3. The number of aliphatic hydroxyl groups excluding tert-OH is 1. The molecule has 0 bridgehead atoms. The van der Waals surface area contributed by atoms with Crippen molar-refractivity contribution >= 4 is 5.78 Å². The molecule has 3 saturated carbocycles. The number of allylic oxidation sites excluding steroid dienone is 3. The Morgan fingerprint density at radius 1 is 1.20 bits per heavy atom. The van der Waals surface area contributed by atoms with Crippen LogP contribution in [0.2, 0.25) is 0 Å². The van der Waals surface area contributed by atoms with Gasteiger partial charge in [-0.1, -0.05) is 44.1 Å². The second-order valence-corrected chi connectivity index (χ2v) is 11.4. The highest BCUT2D eigenvalue weighted by Gasteiger charge is 2.50. The van der Waals surface area contributed by atoms with Crippen LogP contribution in [-0.4, -0.2) is 27.7 Å². The highest BCUT2D eigenvalue weighted by atomic mass is 16.3. The summed E-state index contributed by atoms with van der Waals surface area (Å²) in [5.41, 5.74) is 2.16. The molecule has 0 aromatic carbocycles. The quantitative estimate of drug-likeness (QED) is 0.559. The first kappa shape index (κ1) is 23.7. The Hall–Kier alpha value is -0.930. The average molecular weight is 417 g/mol. The lowest BCUT2D eigenvalue weighted by Crippen LogP contribution is -2.36. The lowest BCUT2D eigenvalue weighted by molar-refractivity contribution is -0.134. The van der Waals surface area contributed by atoms with Crippen LogP contribution in [0.1, 0.15) is 98.8 Å². The zero-order chi connectivity index (χ0) is 22.1. The van der Waals surface area contributed by atoms with Crippen LogP contribution >= 0.6 is 0 Å². The second kappa shape index (κ2) is 9.28. The Kier molecular flexibility index (Phi) is 7.34. The van der Waals surface area contributed by atoms with E-state index in [0.717, 1.165) is 25.7 Å². The summed E-state index contributed by atoms with van der Waals surface area (Å²) in [7, 11) is 0. The van der Waals surface area contributed by atoms with E-state index in [2.05, 4.69) is 32.9 Å². The Labute approximate surface area is 184 Å². The number of fused-ring (bicyclic) bond motifs is 1. The largest absolute Gasteiger partial charge is 0.393 e. The monoisotopic (exact) mass is 416 g/mol. The van der Waals surface area contributed by atoms with E-state index in [-0.39, 0.29) is 11.9 Å². The van der Waals surface area contributed by atoms with Crippen molar-refractivity contribution < 1.29 is 15.0 Å². The highest BCUT2D eigenvalue weighted by Crippen LogP contribution is 2.59. The van der Waals surface area contributed by atoms with Crippen LogP contribution in [0.3, 0.4) is 0 Å². The maximum absolute atomic E-state index is 12.2. The molecule has 0 radical (unpaired) electrons. The van der Waals surface area contributed by atoms with E-state index in [1.807, 2.05) is 0 Å². The summed E-state index contributed by atoms with van der Waals surface area (Å²) in [5.74, 6) is 2.38. The van der Waals surface area contributed by atoms with Gasteiger partial charge < -0.3 is 10.2 Å². The summed E-state index contributed by atoms with van der Waals surface area (Å²) >= 11 is 0. The van der Waals surface area contributed by atoms with Gasteiger partial charge in [0.25, 0.3) is 0 Å². The van der Waals surface area contributed by atoms with Crippen LogP contribution in [0.15, 0.2) is 23.3 Å². The summed E-state index contributed by atoms with van der Waals surface area (Å²) < 4.78 is 0. The summed E-state index contributed by atoms with van der Waals surface area (Å²) in [6, 6.07) is 0. The predicted molar refractivity (Wildman–Crippen MR) is 123 cm³/mol. The number of carbonyl (C=O) groups is 1. The smallest absolute Gasteiger partial charge is 0.163 e. The molecule has 2 N–H and O–H groups in total. The van der Waals surface area contributed by atoms with Gasteiger partial charge in [-0.2, -0.15) is 0 Å². The molecule has 3 aliphatic rings. The SMILES string of the molecule is CC1CCC(O)CC1=CC=C1CCCC2(C)C1CCC2C(C)CCC(=O)C(C)(C)O. The van der Waals surface area contributed by atoms with Gasteiger partial charge in [0.15, 0.2) is 5.78 Å². The van der Waals surface area contributed by atoms with Gasteiger partial charge in [0.2, 0.25) is 0 Å². The van der Waals surface area contributed by atoms with Crippen LogP contribution in [0.5, 0.6) is 0 Å². The molecular weight excluding hydrogens is 372 g/mol. The molecule has 3 heteroatoms. The number of rotatable bonds is 6. The van der Waals surface area contributed by atoms with Crippen molar-refractivity contribution in [2.45, 2.75) is 111 Å². The maximum atomic E-state index is 12.2. The third-order valence-corrected chi connectivity index (χ3v) is 8.78. The molecule has 6 atom stereocenters. The maximum Gasteiger partial charge on any atom is 0.163 e. The molecule has 3 aliphatic carbocycles. The Morgan fingerprint density at radius 3 is 2.60 bits per heavy atom. The van der Waals surface area contributed by atoms with Crippen molar-refractivity contribution in [3.8, 4) is 0 Å². The number of ketones is 1. The Balaban J connectivity index is 1.69. The van der Waals surface area contributed by atoms with Gasteiger partial charge in [0.1, 0.15) is 5.60 Å². The summed E-state index contributed by atoms with van der Waals surface area (Å²) in [4.78, 5) is 12.2. The number of Topliss-reactive ketones (excluding diaryl/α,β-unsaturated/α-hetero) is 1. The molecule has 0 amide bonds. The van der Waals surface area contributed by atoms with Crippen molar-refractivity contribution in [3.63, 3.8) is 0 Å². The molecule has 0 saturated heterocycles. The van der Waals surface area contributed by atoms with Crippen LogP contribution in [0.25, 0.3) is 0 Å². The zero-order valence-electron chi connectivity index (χ0n) is 19.9. The average Bonchev–Trinajstić information content (AvgIpc) is 3.03. The third-order valence-electron chi connectivity index (χ3n) is 8.78. The first-order valence-electron chi connectivity index (χ1n) is 12.4. The Bertz CT molecular complexity index is 683. The molecule has 0 heterocycles. The van der Waals surface area contributed by atoms with Crippen molar-refractivity contribution in [2.75, 3.05) is 0 Å². The topological polar surface area (TPSA) is 57.5 Å². The molecule has 6 unspecified atom stereocenters. The lowest BCUT2D eigenvalue weighted by Gasteiger charge is -2.44. The van der Waals surface area contributed by atoms with Crippen molar-refractivity contribution in [2.24, 2.45) is 29.1 Å². The van der Waals surface area contributed by atoms with E-state index in [0.29, 0.717) is 35.5 Å². The molecular formula is C27H44O3. The highest BCUT2D eigenvalue weighted by molar-refractivity contribution is 5.86. The second-order valence-electron chi connectivity index (χ2n) is 11.4. The minimum atomic E-state index is -1.21. The van der Waals surface area contributed by atoms with Crippen molar-refractivity contribution in [1.29, 1.82) is 0 Å². The fourth-order valence-corrected chi connectivity index (χ4v) is 6.73. The summed E-state index contributed by atoms with van der Waals surface area (Å²) in [6.07, 6.45) is 15.1. The van der Waals surface area contributed by atoms with E-state index in [1.165, 1.54) is 37.7 Å². The van der Waals surface area contributed by atoms with Gasteiger partial charge in [-0.3, -0.25) is 4.79 Å². The van der Waals surface area contributed by atoms with E-state index in [4.69, 9.17) is 0 Å². The first-order chi connectivity index (χ1) is 14.0. The van der Waals surface area contributed by atoms with Gasteiger partial charge in [-0.15, -0.1) is 0 Å². The van der Waals surface area contributed by atoms with Crippen LogP contribution in [-0.2, 0) is 4.79 Å². The fourth-order valence-electron chi connectivity index (χ4n) is 6.73. The third kappa shape index (κ3) is 5.10. The van der Waals surface area contributed by atoms with Gasteiger partial charge in [-0.05, 0) is 101 Å². The minimum absolute atomic E-state index is 0.0336. The number of carbonyl (C=O) groups excluding carboxylic acids is 1. The normalized spacial score (nSPS) is 38.6. The lowest BCUT2D eigenvalue weighted by atomic mass is 9.60. The van der Waals surface area contributed by atoms with E-state index in [9.17, 15) is 15.0 Å². The molecule has 0 aromatic rings. The Morgan fingerprint density at radius 2 is 1.90 bits per heavy atom. The predicted octanol–water partition coefficient (Wildman–Crippen LogP) is 5.99. The van der Waals surface area contributed by atoms with Gasteiger partial charge in [0, 0.05) is 6.42 Å². The summed E-state index contributed by atoms with van der Waals surface area (Å²) in [6.45, 7) is 10.3. The van der Waals surface area contributed by atoms with E-state index >= 15 is 0 Å². The van der Waals surface area contributed by atoms with E-state index in [1.54, 1.807) is 19.4 Å². The zero-order valence-corrected chi connectivity index (χ0v) is 19.9. The van der Waals surface area contributed by atoms with Crippen LogP contribution in [0.4, 0.5) is 0 Å². The fraction of sp³-hybridized carbons (Fsp3) is 0.815. The van der Waals surface area contributed by atoms with Gasteiger partial charge >= 0.3 is 0 Å². The molecule has 0 aliphatic heterocycles. The van der Waals surface area contributed by atoms with Gasteiger partial charge in [0.05, 0.1) is 6.10 Å². The first-order valence-corrected chi connectivity index (χ1v) is 12.4. The minimum Gasteiger partial charge on any atom is -0.393 e. The molecule has 3 fully saturated rings. The molecule has 3 rings (SSSR count). The van der Waals surface area contributed by atoms with E-state index < -0.39 is 5.60 Å². The van der Waals surface area contributed by atoms with Gasteiger partial charge in [-0.25, -0.2) is 0 Å². The molecule has 30 heavy (non-hydrogen) atoms. The number of hydrogen-bond acceptors (Lipinski definition) is 3. The molecule has 3 nitrogen and oxygen atoms in total. The van der Waals surface area contributed by atoms with Crippen molar-refractivity contribution in [3.05, 3.63) is 23.3 Å². The number of aliphatic hydroxyl groups is 2. The molecule has 0 spiro atoms. The van der Waals surface area contributed by atoms with Crippen molar-refractivity contribution in [1.82, 2.24) is 0 Å². The van der Waals surface area contributed by atoms with Crippen LogP contribution < -0.4 is 0 Å². The number of hydrogen-bond donors (Lipinski definition) is 2. The molecule has 0 aromatic heterocycles. The summed E-state index contributed by atoms with van der Waals surface area (Å²) in [5, 5.41) is 20.0.